The third-order valence-corrected chi connectivity index (χ3v) is 11.5. The van der Waals surface area contributed by atoms with E-state index in [1.807, 2.05) is 6.92 Å². The van der Waals surface area contributed by atoms with Crippen molar-refractivity contribution in [2.75, 3.05) is 0 Å². The van der Waals surface area contributed by atoms with Crippen LogP contribution in [0.4, 0.5) is 17.6 Å². The molecule has 4 N–H and O–H groups in total. The summed E-state index contributed by atoms with van der Waals surface area (Å²) in [4.78, 5) is 57.3. The van der Waals surface area contributed by atoms with E-state index in [9.17, 15) is 51.7 Å². The number of aliphatic hydroxyl groups excluding tert-OH is 1. The average Bonchev–Trinajstić information content (AvgIpc) is 3.55. The van der Waals surface area contributed by atoms with Gasteiger partial charge in [0.1, 0.15) is 11.6 Å². The summed E-state index contributed by atoms with van der Waals surface area (Å²) in [6.07, 6.45) is 7.05. The Morgan fingerprint density at radius 2 is 1.24 bits per heavy atom. The standard InChI is InChI=1S/2C20H32F2O5/c1-2-3-11-19(21,22)20(26)12-10-15-14(16(23)13-17(15)27-20)8-6-4-5-7-9-18(24)25;1-2-3-12-20(21,22)18(25)11-10-15-14(16(23)13-17(15)24)8-6-4-5-7-9-19(26)27/h14-15,17,26H,2-13H2,1H3,(H,24,25);14-15,17,24H,2-13H2,1H3,(H,26,27)/t14-,15?,17-,20-;14-,15-,17-/m11/s1. The molecule has 3 aliphatic rings. The van der Waals surface area contributed by atoms with Crippen molar-refractivity contribution in [2.45, 2.75) is 198 Å². The SMILES string of the molecule is CCCCC(F)(F)C(=O)CC[C@H]1[C@H](O)CC(=O)[C@@H]1CCCCCCC(=O)O.CCCCC(F)(F)[C@@]1(O)CCC2[C@@H](CC(=O)[C@@H]2CCCCCCC(=O)O)O1. The molecule has 0 bridgehead atoms. The number of hydrogen-bond acceptors (Lipinski definition) is 8. The molecule has 3 fully saturated rings. The topological polar surface area (TPSA) is 175 Å². The first-order valence-corrected chi connectivity index (χ1v) is 20.2. The fourth-order valence-electron chi connectivity index (χ4n) is 8.22. The highest BCUT2D eigenvalue weighted by atomic mass is 19.3. The molecule has 1 saturated heterocycles. The molecule has 0 aromatic heterocycles. The Morgan fingerprint density at radius 3 is 1.80 bits per heavy atom. The van der Waals surface area contributed by atoms with Gasteiger partial charge in [-0.05, 0) is 63.2 Å². The first-order valence-electron chi connectivity index (χ1n) is 20.2. The molecule has 54 heavy (non-hydrogen) atoms. The molecule has 0 spiro atoms. The van der Waals surface area contributed by atoms with Crippen molar-refractivity contribution in [3.05, 3.63) is 0 Å². The van der Waals surface area contributed by atoms with Gasteiger partial charge in [-0.2, -0.15) is 8.78 Å². The number of Topliss-reactive ketones (excluding diaryl/α,β-unsaturated/α-hetero) is 3. The van der Waals surface area contributed by atoms with E-state index in [0.29, 0.717) is 51.4 Å². The lowest BCUT2D eigenvalue weighted by atomic mass is 9.81. The highest BCUT2D eigenvalue weighted by Crippen LogP contribution is 2.49. The predicted molar refractivity (Wildman–Crippen MR) is 192 cm³/mol. The minimum absolute atomic E-state index is 0.0226. The van der Waals surface area contributed by atoms with E-state index in [4.69, 9.17) is 14.9 Å². The number of ether oxygens (including phenoxy) is 1. The van der Waals surface area contributed by atoms with Crippen LogP contribution in [-0.4, -0.2) is 79.6 Å². The number of alkyl halides is 4. The van der Waals surface area contributed by atoms with Crippen LogP contribution >= 0.6 is 0 Å². The number of ketones is 3. The molecule has 7 atom stereocenters. The largest absolute Gasteiger partial charge is 0.481 e. The molecule has 3 rings (SSSR count). The fourth-order valence-corrected chi connectivity index (χ4v) is 8.22. The molecule has 1 unspecified atom stereocenters. The van der Waals surface area contributed by atoms with Crippen molar-refractivity contribution in [1.82, 2.24) is 0 Å². The lowest BCUT2D eigenvalue weighted by molar-refractivity contribution is -0.356. The summed E-state index contributed by atoms with van der Waals surface area (Å²) in [7, 11) is 0. The number of carboxylic acid groups (broad SMARTS) is 2. The van der Waals surface area contributed by atoms with Crippen LogP contribution in [0.2, 0.25) is 0 Å². The fraction of sp³-hybridized carbons (Fsp3) is 0.875. The van der Waals surface area contributed by atoms with E-state index in [1.165, 1.54) is 0 Å². The number of rotatable bonds is 25. The van der Waals surface area contributed by atoms with Gasteiger partial charge in [0.25, 0.3) is 0 Å². The molecule has 0 radical (unpaired) electrons. The molecule has 1 heterocycles. The van der Waals surface area contributed by atoms with Gasteiger partial charge in [0.05, 0.1) is 12.2 Å². The molecule has 10 nitrogen and oxygen atoms in total. The highest BCUT2D eigenvalue weighted by Gasteiger charge is 2.60. The minimum Gasteiger partial charge on any atom is -0.481 e. The normalized spacial score (nSPS) is 27.0. The Bertz CT molecular complexity index is 1210. The van der Waals surface area contributed by atoms with Crippen LogP contribution in [0.5, 0.6) is 0 Å². The van der Waals surface area contributed by atoms with Crippen molar-refractivity contribution in [2.24, 2.45) is 23.7 Å². The van der Waals surface area contributed by atoms with Gasteiger partial charge in [0, 0.05) is 63.2 Å². The maximum absolute atomic E-state index is 14.4. The number of aliphatic hydroxyl groups is 2. The average molecular weight is 781 g/mol. The lowest BCUT2D eigenvalue weighted by Crippen LogP contribution is -2.55. The Morgan fingerprint density at radius 1 is 0.722 bits per heavy atom. The van der Waals surface area contributed by atoms with E-state index >= 15 is 0 Å². The molecule has 312 valence electrons. The van der Waals surface area contributed by atoms with Crippen LogP contribution in [0.3, 0.4) is 0 Å². The number of unbranched alkanes of at least 4 members (excludes halogenated alkanes) is 8. The van der Waals surface area contributed by atoms with Gasteiger partial charge in [-0.25, -0.2) is 8.78 Å². The van der Waals surface area contributed by atoms with E-state index in [2.05, 4.69) is 0 Å². The van der Waals surface area contributed by atoms with Crippen LogP contribution in [0, 0.1) is 23.7 Å². The van der Waals surface area contributed by atoms with Crippen LogP contribution in [-0.2, 0) is 28.7 Å². The second kappa shape index (κ2) is 22.9. The third-order valence-electron chi connectivity index (χ3n) is 11.5. The second-order valence-electron chi connectivity index (χ2n) is 15.7. The van der Waals surface area contributed by atoms with Gasteiger partial charge in [-0.15, -0.1) is 0 Å². The van der Waals surface area contributed by atoms with Gasteiger partial charge in [0.2, 0.25) is 11.6 Å². The maximum Gasteiger partial charge on any atom is 0.305 e. The van der Waals surface area contributed by atoms with Crippen molar-refractivity contribution in [1.29, 1.82) is 0 Å². The van der Waals surface area contributed by atoms with Crippen molar-refractivity contribution in [3.63, 3.8) is 0 Å². The van der Waals surface area contributed by atoms with Crippen LogP contribution in [0.25, 0.3) is 0 Å². The van der Waals surface area contributed by atoms with Gasteiger partial charge in [-0.1, -0.05) is 65.2 Å². The Kier molecular flexibility index (Phi) is 20.3. The van der Waals surface area contributed by atoms with E-state index in [0.717, 1.165) is 38.5 Å². The van der Waals surface area contributed by atoms with E-state index < -0.39 is 72.2 Å². The summed E-state index contributed by atoms with van der Waals surface area (Å²) in [5.74, 6) is -13.0. The van der Waals surface area contributed by atoms with Gasteiger partial charge in [-0.3, -0.25) is 24.0 Å². The summed E-state index contributed by atoms with van der Waals surface area (Å²) in [6.45, 7) is 3.60. The molecule has 2 saturated carbocycles. The van der Waals surface area contributed by atoms with Crippen LogP contribution in [0.1, 0.15) is 168 Å². The molecule has 0 aromatic carbocycles. The molecule has 0 aromatic rings. The summed E-state index contributed by atoms with van der Waals surface area (Å²) in [6, 6.07) is 0. The van der Waals surface area contributed by atoms with Crippen LogP contribution in [0.15, 0.2) is 0 Å². The molecule has 1 aliphatic heterocycles. The summed E-state index contributed by atoms with van der Waals surface area (Å²) < 4.78 is 61.9. The van der Waals surface area contributed by atoms with E-state index in [1.54, 1.807) is 6.92 Å². The van der Waals surface area contributed by atoms with Crippen LogP contribution < -0.4 is 0 Å². The quantitative estimate of drug-likeness (QED) is 0.0520. The number of halogens is 4. The second-order valence-corrected chi connectivity index (χ2v) is 15.7. The monoisotopic (exact) mass is 780 g/mol. The molecule has 2 aliphatic carbocycles. The predicted octanol–water partition coefficient (Wildman–Crippen LogP) is 8.46. The molecule has 14 heteroatoms. The zero-order chi connectivity index (χ0) is 40.5. The first-order chi connectivity index (χ1) is 25.4. The van der Waals surface area contributed by atoms with Crippen molar-refractivity contribution >= 4 is 29.3 Å². The number of fused-ring (bicyclic) bond motifs is 1. The number of carbonyl (C=O) groups excluding carboxylic acids is 3. The lowest BCUT2D eigenvalue weighted by Gasteiger charge is -2.43. The smallest absolute Gasteiger partial charge is 0.305 e. The van der Waals surface area contributed by atoms with E-state index in [-0.39, 0.29) is 74.8 Å². The minimum atomic E-state index is -3.33. The first kappa shape index (κ1) is 47.7. The van der Waals surface area contributed by atoms with Crippen molar-refractivity contribution < 1.29 is 66.7 Å². The van der Waals surface area contributed by atoms with Gasteiger partial charge >= 0.3 is 23.8 Å². The molecule has 0 amide bonds. The molecular formula is C40H64F4O10. The molecular weight excluding hydrogens is 716 g/mol. The zero-order valence-electron chi connectivity index (χ0n) is 32.2. The summed E-state index contributed by atoms with van der Waals surface area (Å²) in [5, 5.41) is 37.8. The third kappa shape index (κ3) is 14.9. The zero-order valence-corrected chi connectivity index (χ0v) is 32.2. The Labute approximate surface area is 317 Å². The maximum atomic E-state index is 14.4. The Balaban J connectivity index is 0.000000373. The number of carboxylic acids is 2. The number of carbonyl (C=O) groups is 5. The van der Waals surface area contributed by atoms with Crippen molar-refractivity contribution in [3.8, 4) is 0 Å². The van der Waals surface area contributed by atoms with Gasteiger partial charge in [0.15, 0.2) is 0 Å². The van der Waals surface area contributed by atoms with Gasteiger partial charge < -0.3 is 25.2 Å². The Hall–Kier alpha value is -2.45. The summed E-state index contributed by atoms with van der Waals surface area (Å²) in [5.41, 5.74) is 0. The number of aliphatic carboxylic acids is 2. The highest BCUT2D eigenvalue weighted by molar-refractivity contribution is 5.86. The number of hydrogen-bond donors (Lipinski definition) is 4. The summed E-state index contributed by atoms with van der Waals surface area (Å²) >= 11 is 0.